The van der Waals surface area contributed by atoms with Gasteiger partial charge in [-0.25, -0.2) is 9.78 Å². The summed E-state index contributed by atoms with van der Waals surface area (Å²) in [4.78, 5) is 133. The lowest BCUT2D eigenvalue weighted by Gasteiger charge is -2.27. The van der Waals surface area contributed by atoms with Gasteiger partial charge in [0.05, 0.1) is 77.6 Å². The summed E-state index contributed by atoms with van der Waals surface area (Å²) in [5.41, 5.74) is 10.8. The molecule has 33 heteroatoms. The summed E-state index contributed by atoms with van der Waals surface area (Å²) < 4.78 is 44.9. The molecule has 1 aromatic heterocycles. The van der Waals surface area contributed by atoms with E-state index >= 15 is 0 Å². The maximum absolute atomic E-state index is 12.2. The van der Waals surface area contributed by atoms with Crippen molar-refractivity contribution in [1.29, 1.82) is 5.41 Å². The molecule has 136 heavy (non-hydrogen) atoms. The number of halogens is 5. The Morgan fingerprint density at radius 1 is 0.544 bits per heavy atom. The number of amidine groups is 1. The maximum atomic E-state index is 12.2. The van der Waals surface area contributed by atoms with Gasteiger partial charge in [0.1, 0.15) is 48.3 Å². The summed E-state index contributed by atoms with van der Waals surface area (Å²) in [6.07, 6.45) is 4.49. The van der Waals surface area contributed by atoms with Crippen LogP contribution < -0.4 is 11.3 Å². The van der Waals surface area contributed by atoms with Gasteiger partial charge in [-0.3, -0.25) is 58.3 Å². The third-order valence-electron chi connectivity index (χ3n) is 20.8. The van der Waals surface area contributed by atoms with Gasteiger partial charge in [-0.1, -0.05) is 283 Å². The van der Waals surface area contributed by atoms with Crippen LogP contribution in [0.15, 0.2) is 246 Å². The summed E-state index contributed by atoms with van der Waals surface area (Å²) in [5, 5.41) is 32.0. The molecule has 26 nitrogen and oxygen atoms in total. The number of H-pyrrole nitrogens is 1. The molecule has 0 amide bonds. The highest BCUT2D eigenvalue weighted by Gasteiger charge is 2.37. The van der Waals surface area contributed by atoms with Crippen molar-refractivity contribution in [3.05, 3.63) is 316 Å². The summed E-state index contributed by atoms with van der Waals surface area (Å²) in [5.74, 6) is -4.14. The molecule has 0 saturated carbocycles. The van der Waals surface area contributed by atoms with Gasteiger partial charge in [-0.2, -0.15) is 0 Å². The van der Waals surface area contributed by atoms with Gasteiger partial charge >= 0.3 is 23.9 Å². The number of methoxy groups -OCH3 is 6. The summed E-state index contributed by atoms with van der Waals surface area (Å²) in [6, 6.07) is 70.3. The fourth-order valence-electron chi connectivity index (χ4n) is 14.4. The molecule has 0 spiro atoms. The Morgan fingerprint density at radius 2 is 0.971 bits per heavy atom. The molecule has 1 fully saturated rings. The van der Waals surface area contributed by atoms with E-state index in [9.17, 15) is 57.8 Å². The third kappa shape index (κ3) is 31.0. The first-order valence-electron chi connectivity index (χ1n) is 41.5. The SMILES string of the molecule is C.COC(=O)C1=COC(c2cccc3cccc(Cl)c23)CC1=O.COC(=O)C1COC(c2cccc3cccc(Cl)c23)CC1=O.COC(=O)CC(=O)CC(O)c1cccc2cccc(Cl)c12.COC(=O)CC(C)=O.COC(OC)N(C)C.CSC(=N)N.CSc1nc2c(c(=O)[nH]1)COC(c1cccc3cccc(Cl)c13)C2.O=Cc1cccc2cccc(Cl)c12.O=Cc1cccc2ccccc12. The number of carbonyl (C=O) groups excluding carboxylic acids is 10. The van der Waals surface area contributed by atoms with Crippen LogP contribution in [-0.4, -0.2) is 167 Å². The minimum atomic E-state index is -1.01. The number of rotatable bonds is 18. The van der Waals surface area contributed by atoms with Crippen molar-refractivity contribution >= 4 is 211 Å². The topological polar surface area (TPSA) is 373 Å². The number of aliphatic hydroxyl groups is 1. The van der Waals surface area contributed by atoms with E-state index in [0.717, 1.165) is 105 Å². The number of thioether (sulfide) groups is 2. The second kappa shape index (κ2) is 55.8. The number of Topliss-reactive ketones (excluding diaryl/α,β-unsaturated/α-hetero) is 4. The van der Waals surface area contributed by atoms with Gasteiger partial charge in [-0.15, -0.1) is 0 Å². The Balaban J connectivity index is 0.000000215. The number of carbonyl (C=O) groups is 10. The van der Waals surface area contributed by atoms with Crippen molar-refractivity contribution in [2.45, 2.75) is 95.5 Å². The number of ether oxygens (including phenoxy) is 9. The number of hydrogen-bond donors (Lipinski definition) is 4. The number of ketones is 4. The number of hydrogen-bond acceptors (Lipinski definition) is 26. The average molecular weight is 1990 g/mol. The normalized spacial score (nSPS) is 14.6. The molecule has 0 bridgehead atoms. The largest absolute Gasteiger partial charge is 0.492 e. The third-order valence-corrected chi connectivity index (χ3v) is 23.4. The van der Waals surface area contributed by atoms with Crippen LogP contribution >= 0.6 is 81.5 Å². The molecule has 5 N–H and O–H groups in total. The number of nitrogens with one attached hydrogen (secondary N) is 2. The predicted molar refractivity (Wildman–Crippen MR) is 537 cm³/mol. The quantitative estimate of drug-likeness (QED) is 0.00592. The number of nitrogens with two attached hydrogens (primary N) is 1. The molecule has 13 aromatic rings. The van der Waals surface area contributed by atoms with Crippen LogP contribution in [0.5, 0.6) is 0 Å². The number of benzene rings is 12. The van der Waals surface area contributed by atoms with Crippen LogP contribution in [0, 0.1) is 11.3 Å². The van der Waals surface area contributed by atoms with Crippen LogP contribution in [-0.2, 0) is 94.0 Å². The number of esters is 4. The second-order valence-corrected chi connectivity index (χ2v) is 33.5. The van der Waals surface area contributed by atoms with Gasteiger partial charge < -0.3 is 58.5 Å². The van der Waals surface area contributed by atoms with E-state index in [0.29, 0.717) is 53.4 Å². The molecule has 0 radical (unpaired) electrons. The number of aliphatic hydroxyl groups excluding tert-OH is 1. The van der Waals surface area contributed by atoms with E-state index in [2.05, 4.69) is 28.9 Å². The van der Waals surface area contributed by atoms with Crippen LogP contribution in [0.4, 0.5) is 0 Å². The number of aromatic nitrogens is 2. The van der Waals surface area contributed by atoms with Gasteiger partial charge in [0.2, 0.25) is 6.41 Å². The Hall–Kier alpha value is -12.1. The van der Waals surface area contributed by atoms with E-state index in [1.54, 1.807) is 56.9 Å². The highest BCUT2D eigenvalue weighted by molar-refractivity contribution is 8.13. The van der Waals surface area contributed by atoms with Crippen molar-refractivity contribution in [3.8, 4) is 0 Å². The minimum Gasteiger partial charge on any atom is -0.492 e. The molecule has 3 aliphatic heterocycles. The number of nitrogens with zero attached hydrogens (tertiary/aromatic N) is 2. The van der Waals surface area contributed by atoms with Crippen molar-refractivity contribution in [2.75, 3.05) is 75.9 Å². The lowest BCUT2D eigenvalue weighted by atomic mass is 9.91. The number of fused-ring (bicyclic) bond motifs is 7. The molecule has 16 rings (SSSR count). The molecule has 714 valence electrons. The zero-order valence-corrected chi connectivity index (χ0v) is 80.9. The average Bonchev–Trinajstić information content (AvgIpc) is 0.759. The highest BCUT2D eigenvalue weighted by Crippen LogP contribution is 2.41. The van der Waals surface area contributed by atoms with Gasteiger partial charge in [-0.05, 0) is 118 Å². The van der Waals surface area contributed by atoms with Crippen molar-refractivity contribution in [1.82, 2.24) is 14.9 Å². The van der Waals surface area contributed by atoms with E-state index in [1.165, 1.54) is 65.1 Å². The predicted octanol–water partition coefficient (Wildman–Crippen LogP) is 21.2. The van der Waals surface area contributed by atoms with E-state index < -0.39 is 48.1 Å². The Bertz CT molecular complexity index is 6480. The van der Waals surface area contributed by atoms with Gasteiger partial charge in [0.25, 0.3) is 5.56 Å². The summed E-state index contributed by atoms with van der Waals surface area (Å²) in [7, 11) is 12.0. The zero-order chi connectivity index (χ0) is 98.5. The molecule has 5 unspecified atom stereocenters. The molecule has 12 aromatic carbocycles. The molecular formula is C103H104Cl5N5O21S2. The van der Waals surface area contributed by atoms with Crippen LogP contribution in [0.2, 0.25) is 25.1 Å². The van der Waals surface area contributed by atoms with Crippen molar-refractivity contribution in [2.24, 2.45) is 11.7 Å². The van der Waals surface area contributed by atoms with Gasteiger partial charge in [0.15, 0.2) is 34.5 Å². The number of aromatic amines is 1. The van der Waals surface area contributed by atoms with Crippen LogP contribution in [0.1, 0.15) is 125 Å². The number of aldehydes is 2. The fraction of sp³-hybridized carbons (Fsp3) is 0.252. The Kier molecular flexibility index (Phi) is 45.5. The molecule has 0 aliphatic carbocycles. The first-order chi connectivity index (χ1) is 64.8. The Morgan fingerprint density at radius 3 is 1.40 bits per heavy atom. The van der Waals surface area contributed by atoms with E-state index in [4.69, 9.17) is 92.8 Å². The molecule has 5 atom stereocenters. The zero-order valence-electron chi connectivity index (χ0n) is 75.5. The van der Waals surface area contributed by atoms with Crippen LogP contribution in [0.25, 0.3) is 64.6 Å². The molecule has 1 saturated heterocycles. The lowest BCUT2D eigenvalue weighted by molar-refractivity contribution is -0.179. The summed E-state index contributed by atoms with van der Waals surface area (Å²) >= 11 is 33.9. The minimum absolute atomic E-state index is 0. The lowest BCUT2D eigenvalue weighted by Crippen LogP contribution is -2.36. The molecular weight excluding hydrogens is 1880 g/mol. The Labute approximate surface area is 820 Å². The molecule has 4 heterocycles. The second-order valence-electron chi connectivity index (χ2n) is 29.9. The standard InChI is InChI=1S/C18H15ClN2O2S.C17H15ClO4.C17H13ClO4.C16H15ClO4.C11H7ClO.C11H8O.C5H13NO2.C5H8O3.C2H6N2S.CH4/c1-24-18-20-14-8-15(23-9-12(14)17(22)21-18)11-6-2-4-10-5-3-7-13(19)16(10)11;2*1-21-17(20)12-9-22-15(8-14(12)19)11-6-2-4-10-5-3-7-13(18)16(10)11;1-21-15(20)9-11(18)8-14(19)12-6-2-4-10-5-3-7-13(17)16(10)12;12-10-6-2-4-8-3-1-5-9(7-13)11(8)10;12-8-10-6-3-5-9-4-1-2-7-11(9)10;1-6(2)5(7-3)8-4;1-4(6)3-5(7)8-2;1-5-2(3)4;/h2-7,15H,8-9H2,1H3,(H,20,21,22);2-7,12,15H,8-9H2,1H3;2-7,9,15H,8H2,1H3;2-7,14,19H,8-9H2,1H3;1-7H;1-8H;5H,1-4H3;3H2,1-2H3;1H3,(H3,3,4);1H4. The first-order valence-corrected chi connectivity index (χ1v) is 45.8. The fourth-order valence-corrected chi connectivity index (χ4v) is 16.2. The highest BCUT2D eigenvalue weighted by atomic mass is 35.5. The smallest absolute Gasteiger partial charge is 0.344 e. The van der Waals surface area contributed by atoms with Gasteiger partial charge in [0, 0.05) is 102 Å². The maximum Gasteiger partial charge on any atom is 0.344 e. The van der Waals surface area contributed by atoms with E-state index in [1.807, 2.05) is 213 Å². The van der Waals surface area contributed by atoms with Crippen molar-refractivity contribution in [3.63, 3.8) is 0 Å². The molecule has 3 aliphatic rings. The monoisotopic (exact) mass is 1990 g/mol. The van der Waals surface area contributed by atoms with Crippen molar-refractivity contribution < 1.29 is 95.7 Å². The first kappa shape index (κ1) is 111. The van der Waals surface area contributed by atoms with Crippen LogP contribution in [0.3, 0.4) is 0 Å². The van der Waals surface area contributed by atoms with E-state index in [-0.39, 0.29) is 105 Å². The summed E-state index contributed by atoms with van der Waals surface area (Å²) in [6.45, 7) is 1.64.